The monoisotopic (exact) mass is 292 g/mol. The molecule has 0 unspecified atom stereocenters. The minimum atomic E-state index is -0.211. The highest BCUT2D eigenvalue weighted by Crippen LogP contribution is 2.10. The molecule has 2 rings (SSSR count). The molecule has 1 amide bonds. The molecule has 6 nitrogen and oxygen atoms in total. The van der Waals surface area contributed by atoms with E-state index in [1.54, 1.807) is 6.07 Å². The number of carbonyl (C=O) groups is 1. The fourth-order valence-electron chi connectivity index (χ4n) is 2.72. The summed E-state index contributed by atoms with van der Waals surface area (Å²) in [4.78, 5) is 26.1. The van der Waals surface area contributed by atoms with Gasteiger partial charge in [-0.1, -0.05) is 6.92 Å². The number of nitrogen functional groups attached to an aromatic ring is 1. The lowest BCUT2D eigenvalue weighted by Crippen LogP contribution is -2.46. The molecular weight excluding hydrogens is 268 g/mol. The van der Waals surface area contributed by atoms with Crippen molar-refractivity contribution >= 4 is 11.6 Å². The normalized spacial score (nSPS) is 16.8. The van der Waals surface area contributed by atoms with Crippen molar-refractivity contribution in [3.63, 3.8) is 0 Å². The molecule has 6 heteroatoms. The number of anilines is 1. The van der Waals surface area contributed by atoms with Crippen LogP contribution in [-0.2, 0) is 11.3 Å². The van der Waals surface area contributed by atoms with E-state index in [0.29, 0.717) is 5.69 Å². The molecule has 0 spiro atoms. The van der Waals surface area contributed by atoms with Crippen molar-refractivity contribution in [3.05, 3.63) is 28.7 Å². The summed E-state index contributed by atoms with van der Waals surface area (Å²) in [6, 6.07) is 3.13. The van der Waals surface area contributed by atoms with E-state index >= 15 is 0 Å². The van der Waals surface area contributed by atoms with Gasteiger partial charge in [0.1, 0.15) is 6.54 Å². The first-order valence-electron chi connectivity index (χ1n) is 7.56. The van der Waals surface area contributed by atoms with Gasteiger partial charge in [-0.05, 0) is 31.9 Å². The number of amides is 1. The Labute approximate surface area is 124 Å². The van der Waals surface area contributed by atoms with E-state index in [0.717, 1.165) is 38.9 Å². The van der Waals surface area contributed by atoms with Crippen molar-refractivity contribution in [2.24, 2.45) is 0 Å². The lowest BCUT2D eigenvalue weighted by Gasteiger charge is -2.32. The number of rotatable bonds is 5. The molecule has 3 N–H and O–H groups in total. The van der Waals surface area contributed by atoms with Crippen molar-refractivity contribution in [1.29, 1.82) is 0 Å². The van der Waals surface area contributed by atoms with Crippen LogP contribution >= 0.6 is 0 Å². The third-order valence-electron chi connectivity index (χ3n) is 3.81. The summed E-state index contributed by atoms with van der Waals surface area (Å²) in [6.07, 6.45) is 4.61. The first kappa shape index (κ1) is 15.6. The summed E-state index contributed by atoms with van der Waals surface area (Å²) in [5.74, 6) is -0.128. The van der Waals surface area contributed by atoms with Crippen LogP contribution in [0.1, 0.15) is 26.2 Å². The molecule has 0 saturated carbocycles. The Morgan fingerprint density at radius 3 is 2.76 bits per heavy atom. The maximum Gasteiger partial charge on any atom is 0.251 e. The van der Waals surface area contributed by atoms with Gasteiger partial charge in [-0.15, -0.1) is 0 Å². The predicted octanol–water partition coefficient (Wildman–Crippen LogP) is 0.421. The predicted molar refractivity (Wildman–Crippen MR) is 83.0 cm³/mol. The summed E-state index contributed by atoms with van der Waals surface area (Å²) < 4.78 is 1.34. The van der Waals surface area contributed by atoms with Gasteiger partial charge in [-0.25, -0.2) is 0 Å². The Bertz CT molecular complexity index is 533. The standard InChI is InChI=1S/C15H24N4O2/c1-2-7-18-8-5-13(6-9-18)17-14(20)11-19-10-12(16)3-4-15(19)21/h3-4,10,13H,2,5-9,11,16H2,1H3,(H,17,20). The fraction of sp³-hybridized carbons (Fsp3) is 0.600. The van der Waals surface area contributed by atoms with Crippen LogP contribution < -0.4 is 16.6 Å². The minimum absolute atomic E-state index is 0.0268. The summed E-state index contributed by atoms with van der Waals surface area (Å²) in [7, 11) is 0. The Morgan fingerprint density at radius 1 is 1.38 bits per heavy atom. The van der Waals surface area contributed by atoms with E-state index in [4.69, 9.17) is 5.73 Å². The highest BCUT2D eigenvalue weighted by Gasteiger charge is 2.20. The van der Waals surface area contributed by atoms with Crippen LogP contribution in [0.2, 0.25) is 0 Å². The highest BCUT2D eigenvalue weighted by atomic mass is 16.2. The number of piperidine rings is 1. The van der Waals surface area contributed by atoms with Crippen LogP contribution in [-0.4, -0.2) is 41.1 Å². The molecule has 0 radical (unpaired) electrons. The van der Waals surface area contributed by atoms with Crippen LogP contribution in [0.25, 0.3) is 0 Å². The molecule has 0 aromatic carbocycles. The molecular formula is C15H24N4O2. The molecule has 2 heterocycles. The van der Waals surface area contributed by atoms with Crippen molar-refractivity contribution < 1.29 is 4.79 Å². The smallest absolute Gasteiger partial charge is 0.251 e. The molecule has 1 fully saturated rings. The topological polar surface area (TPSA) is 80.4 Å². The maximum atomic E-state index is 12.0. The van der Waals surface area contributed by atoms with Gasteiger partial charge in [0.2, 0.25) is 5.91 Å². The van der Waals surface area contributed by atoms with Crippen LogP contribution in [0.3, 0.4) is 0 Å². The third kappa shape index (κ3) is 4.60. The summed E-state index contributed by atoms with van der Waals surface area (Å²) >= 11 is 0. The number of pyridine rings is 1. The van der Waals surface area contributed by atoms with Gasteiger partial charge in [0, 0.05) is 37.1 Å². The van der Waals surface area contributed by atoms with Crippen molar-refractivity contribution in [2.45, 2.75) is 38.8 Å². The van der Waals surface area contributed by atoms with Crippen molar-refractivity contribution in [1.82, 2.24) is 14.8 Å². The Hall–Kier alpha value is -1.82. The molecule has 116 valence electrons. The second-order valence-electron chi connectivity index (χ2n) is 5.61. The molecule has 1 saturated heterocycles. The number of hydrogen-bond acceptors (Lipinski definition) is 4. The van der Waals surface area contributed by atoms with Gasteiger partial charge in [0.15, 0.2) is 0 Å². The number of carbonyl (C=O) groups excluding carboxylic acids is 1. The summed E-state index contributed by atoms with van der Waals surface area (Å²) in [5, 5.41) is 3.01. The molecule has 1 aliphatic heterocycles. The van der Waals surface area contributed by atoms with E-state index in [9.17, 15) is 9.59 Å². The molecule has 0 bridgehead atoms. The van der Waals surface area contributed by atoms with Gasteiger partial charge in [0.25, 0.3) is 5.56 Å². The van der Waals surface area contributed by atoms with E-state index < -0.39 is 0 Å². The SMILES string of the molecule is CCCN1CCC(NC(=O)Cn2cc(N)ccc2=O)CC1. The van der Waals surface area contributed by atoms with Crippen LogP contribution in [0, 0.1) is 0 Å². The highest BCUT2D eigenvalue weighted by molar-refractivity contribution is 5.76. The molecule has 21 heavy (non-hydrogen) atoms. The van der Waals surface area contributed by atoms with E-state index in [-0.39, 0.29) is 24.1 Å². The zero-order valence-corrected chi connectivity index (χ0v) is 12.5. The second-order valence-corrected chi connectivity index (χ2v) is 5.61. The number of nitrogens with two attached hydrogens (primary N) is 1. The number of nitrogens with zero attached hydrogens (tertiary/aromatic N) is 2. The average molecular weight is 292 g/mol. The molecule has 1 aliphatic rings. The third-order valence-corrected chi connectivity index (χ3v) is 3.81. The summed E-state index contributed by atoms with van der Waals surface area (Å²) in [6.45, 7) is 5.38. The average Bonchev–Trinajstić information content (AvgIpc) is 2.45. The maximum absolute atomic E-state index is 12.0. The minimum Gasteiger partial charge on any atom is -0.398 e. The largest absolute Gasteiger partial charge is 0.398 e. The quantitative estimate of drug-likeness (QED) is 0.824. The van der Waals surface area contributed by atoms with Crippen LogP contribution in [0.4, 0.5) is 5.69 Å². The first-order chi connectivity index (χ1) is 10.1. The zero-order valence-electron chi connectivity index (χ0n) is 12.5. The van der Waals surface area contributed by atoms with Crippen molar-refractivity contribution in [3.8, 4) is 0 Å². The van der Waals surface area contributed by atoms with Crippen molar-refractivity contribution in [2.75, 3.05) is 25.4 Å². The lowest BCUT2D eigenvalue weighted by atomic mass is 10.0. The van der Waals surface area contributed by atoms with Gasteiger partial charge in [-0.3, -0.25) is 9.59 Å². The molecule has 0 atom stereocenters. The van der Waals surface area contributed by atoms with E-state index in [1.165, 1.54) is 16.8 Å². The Balaban J connectivity index is 1.83. The van der Waals surface area contributed by atoms with Gasteiger partial charge < -0.3 is 20.5 Å². The van der Waals surface area contributed by atoms with Gasteiger partial charge in [-0.2, -0.15) is 0 Å². The molecule has 1 aromatic heterocycles. The Morgan fingerprint density at radius 2 is 2.10 bits per heavy atom. The number of aromatic nitrogens is 1. The Kier molecular flexibility index (Phi) is 5.38. The van der Waals surface area contributed by atoms with Gasteiger partial charge in [0.05, 0.1) is 0 Å². The number of nitrogens with one attached hydrogen (secondary N) is 1. The molecule has 0 aliphatic carbocycles. The van der Waals surface area contributed by atoms with E-state index in [1.807, 2.05) is 0 Å². The summed E-state index contributed by atoms with van der Waals surface area (Å²) in [5.41, 5.74) is 5.90. The van der Waals surface area contributed by atoms with Crippen LogP contribution in [0.5, 0.6) is 0 Å². The number of hydrogen-bond donors (Lipinski definition) is 2. The van der Waals surface area contributed by atoms with Crippen LogP contribution in [0.15, 0.2) is 23.1 Å². The fourth-order valence-corrected chi connectivity index (χ4v) is 2.72. The first-order valence-corrected chi connectivity index (χ1v) is 7.56. The van der Waals surface area contributed by atoms with Gasteiger partial charge >= 0.3 is 0 Å². The number of likely N-dealkylation sites (tertiary alicyclic amines) is 1. The van der Waals surface area contributed by atoms with E-state index in [2.05, 4.69) is 17.1 Å². The zero-order chi connectivity index (χ0) is 15.2. The molecule has 1 aromatic rings. The lowest BCUT2D eigenvalue weighted by molar-refractivity contribution is -0.122. The second kappa shape index (κ2) is 7.26.